The monoisotopic (exact) mass is 794 g/mol. The van der Waals surface area contributed by atoms with Crippen molar-refractivity contribution in [3.05, 3.63) is 77.4 Å². The second-order valence-corrected chi connectivity index (χ2v) is 16.7. The number of fused-ring (bicyclic) bond motifs is 2. The molecule has 5 rings (SSSR count). The average Bonchev–Trinajstić information content (AvgIpc) is 3.17. The molecule has 10 nitrogen and oxygen atoms in total. The highest BCUT2D eigenvalue weighted by molar-refractivity contribution is 6.18. The first kappa shape index (κ1) is 43.6. The van der Waals surface area contributed by atoms with Crippen molar-refractivity contribution in [2.45, 2.75) is 116 Å². The van der Waals surface area contributed by atoms with Gasteiger partial charge in [0.15, 0.2) is 0 Å². The molecule has 0 bridgehead atoms. The molecule has 1 heterocycles. The van der Waals surface area contributed by atoms with E-state index in [1.165, 1.54) is 5.56 Å². The van der Waals surface area contributed by atoms with Crippen LogP contribution in [-0.4, -0.2) is 83.2 Å². The maximum atomic E-state index is 14.1. The van der Waals surface area contributed by atoms with Crippen LogP contribution in [0.15, 0.2) is 65.9 Å². The van der Waals surface area contributed by atoms with Gasteiger partial charge in [0.2, 0.25) is 5.79 Å². The zero-order valence-corrected chi connectivity index (χ0v) is 35.0. The van der Waals surface area contributed by atoms with Crippen LogP contribution >= 0.6 is 11.6 Å². The summed E-state index contributed by atoms with van der Waals surface area (Å²) in [6, 6.07) is 11.4. The Bertz CT molecular complexity index is 1710. The van der Waals surface area contributed by atoms with Crippen molar-refractivity contribution in [3.63, 3.8) is 0 Å². The van der Waals surface area contributed by atoms with Gasteiger partial charge in [-0.2, -0.15) is 0 Å². The maximum absolute atomic E-state index is 14.1. The van der Waals surface area contributed by atoms with Gasteiger partial charge in [-0.05, 0) is 126 Å². The molecule has 2 aromatic rings. The number of oxime groups is 1. The van der Waals surface area contributed by atoms with E-state index in [2.05, 4.69) is 38.6 Å². The summed E-state index contributed by atoms with van der Waals surface area (Å²) in [5.74, 6) is 0.496. The molecule has 0 radical (unpaired) electrons. The van der Waals surface area contributed by atoms with Gasteiger partial charge in [-0.1, -0.05) is 43.1 Å². The Kier molecular flexibility index (Phi) is 15.3. The van der Waals surface area contributed by atoms with E-state index in [0.717, 1.165) is 53.8 Å². The highest BCUT2D eigenvalue weighted by Gasteiger charge is 2.65. The van der Waals surface area contributed by atoms with Crippen molar-refractivity contribution in [1.29, 1.82) is 0 Å². The first-order valence-corrected chi connectivity index (χ1v) is 21.0. The molecule has 0 unspecified atom stereocenters. The fraction of sp³-hybridized carbons (Fsp3) is 0.600. The van der Waals surface area contributed by atoms with Gasteiger partial charge in [0, 0.05) is 37.7 Å². The number of rotatable bonds is 19. The number of ether oxygens (including phenoxy) is 4. The fourth-order valence-corrected chi connectivity index (χ4v) is 8.72. The molecule has 11 heteroatoms. The van der Waals surface area contributed by atoms with E-state index < -0.39 is 29.4 Å². The lowest BCUT2D eigenvalue weighted by molar-refractivity contribution is -0.255. The molecule has 308 valence electrons. The molecule has 56 heavy (non-hydrogen) atoms. The first-order valence-electron chi connectivity index (χ1n) is 20.4. The number of carbonyl (C=O) groups is 1. The zero-order chi connectivity index (χ0) is 40.5. The number of unbranched alkanes of at least 4 members (excludes halogenated alkanes) is 2. The number of allylic oxidation sites excluding steroid dienone is 1. The molecule has 1 amide bonds. The lowest BCUT2D eigenvalue weighted by atomic mass is 9.55. The maximum Gasteiger partial charge on any atom is 0.410 e. The Morgan fingerprint density at radius 2 is 1.77 bits per heavy atom. The van der Waals surface area contributed by atoms with E-state index in [-0.39, 0.29) is 50.1 Å². The van der Waals surface area contributed by atoms with Gasteiger partial charge in [0.05, 0.1) is 24.1 Å². The Morgan fingerprint density at radius 3 is 2.43 bits per heavy atom. The third-order valence-corrected chi connectivity index (χ3v) is 11.3. The van der Waals surface area contributed by atoms with Crippen LogP contribution in [0.3, 0.4) is 0 Å². The largest absolute Gasteiger partial charge is 0.459 e. The summed E-state index contributed by atoms with van der Waals surface area (Å²) in [6.07, 6.45) is 9.25. The summed E-state index contributed by atoms with van der Waals surface area (Å²) in [6.45, 7) is 16.9. The molecule has 2 aromatic carbocycles. The number of aliphatic hydroxyl groups is 2. The summed E-state index contributed by atoms with van der Waals surface area (Å²) in [4.78, 5) is 22.0. The topological polar surface area (TPSA) is 119 Å². The quantitative estimate of drug-likeness (QED) is 0.0625. The molecular formula is C45H63ClN2O8. The molecular weight excluding hydrogens is 732 g/mol. The number of aryl methyl sites for hydroxylation is 2. The van der Waals surface area contributed by atoms with Gasteiger partial charge < -0.3 is 34.0 Å². The number of hydrogen-bond donors (Lipinski definition) is 2. The smallest absolute Gasteiger partial charge is 0.410 e. The minimum Gasteiger partial charge on any atom is -0.459 e. The third-order valence-electron chi connectivity index (χ3n) is 11.2. The van der Waals surface area contributed by atoms with Crippen LogP contribution in [0.2, 0.25) is 0 Å². The number of carbonyl (C=O) groups excluding carboxylic acids is 1. The van der Waals surface area contributed by atoms with E-state index >= 15 is 0 Å². The van der Waals surface area contributed by atoms with Crippen LogP contribution in [0.5, 0.6) is 17.2 Å². The van der Waals surface area contributed by atoms with Gasteiger partial charge in [-0.3, -0.25) is 4.90 Å². The highest BCUT2D eigenvalue weighted by Crippen LogP contribution is 2.62. The molecule has 2 N–H and O–H groups in total. The van der Waals surface area contributed by atoms with E-state index in [9.17, 15) is 15.0 Å². The number of hydrogen-bond acceptors (Lipinski definition) is 9. The second kappa shape index (κ2) is 19.7. The van der Waals surface area contributed by atoms with Crippen LogP contribution in [0.4, 0.5) is 4.79 Å². The molecule has 1 saturated carbocycles. The zero-order valence-electron chi connectivity index (χ0n) is 34.2. The van der Waals surface area contributed by atoms with E-state index in [1.54, 1.807) is 11.0 Å². The summed E-state index contributed by atoms with van der Waals surface area (Å²) >= 11 is 6.01. The minimum atomic E-state index is -1.37. The van der Waals surface area contributed by atoms with Crippen molar-refractivity contribution < 1.29 is 38.8 Å². The Labute approximate surface area is 338 Å². The number of halogens is 1. The lowest BCUT2D eigenvalue weighted by Gasteiger charge is -2.60. The Balaban J connectivity index is 1.79. The van der Waals surface area contributed by atoms with Gasteiger partial charge in [0.25, 0.3) is 0 Å². The van der Waals surface area contributed by atoms with Crippen LogP contribution in [0.25, 0.3) is 0 Å². The molecule has 0 aromatic heterocycles. The normalized spacial score (nSPS) is 24.7. The van der Waals surface area contributed by atoms with Crippen molar-refractivity contribution in [3.8, 4) is 17.2 Å². The molecule has 3 aliphatic rings. The fourth-order valence-electron chi connectivity index (χ4n) is 8.64. The molecule has 0 saturated heterocycles. The predicted molar refractivity (Wildman–Crippen MR) is 221 cm³/mol. The summed E-state index contributed by atoms with van der Waals surface area (Å²) in [5, 5.41) is 24.6. The molecule has 1 fully saturated rings. The first-order chi connectivity index (χ1) is 26.9. The molecule has 0 spiro atoms. The predicted octanol–water partition coefficient (Wildman–Crippen LogP) is 9.62. The number of alkyl halides is 1. The Morgan fingerprint density at radius 1 is 1.05 bits per heavy atom. The summed E-state index contributed by atoms with van der Waals surface area (Å²) < 4.78 is 26.6. The SMILES string of the molecule is C=CCO[C@@]12Oc3ccc(Oc4ccc(C)c(C)c4)cc3[C@H]3[C@H](CCCCO)[C@@H](CCCCO)C=C(C(=NOC(C)(C)C)C[C@@H]1N(CCC)C(=O)OCCCl)[C@H]32. The number of aliphatic hydroxyl groups excluding tert-OH is 2. The lowest BCUT2D eigenvalue weighted by Crippen LogP contribution is -2.70. The standard InChI is InChI=1S/C45H63ClN2O8/c1-8-21-48(43(51)52-25-20-46)40-29-38(47-56-44(5,6)7)36-27-32(14-10-12-22-49)35(15-11-13-23-50)41-37-28-34(54-33-17-16-30(3)31(4)26-33)18-19-39(37)55-45(40,42(36)41)53-24-9-2/h9,16-19,26-28,32,35,40-42,49-50H,2,8,10-15,20-25,29H2,1,3-7H3/t32-,35+,40-,41+,42+,45+/m0/s1. The number of amides is 1. The Hall–Kier alpha value is -3.57. The van der Waals surface area contributed by atoms with Crippen LogP contribution in [0, 0.1) is 31.6 Å². The van der Waals surface area contributed by atoms with Crippen molar-refractivity contribution in [2.75, 3.05) is 38.9 Å². The van der Waals surface area contributed by atoms with Gasteiger partial charge in [0.1, 0.15) is 35.5 Å². The average molecular weight is 795 g/mol. The van der Waals surface area contributed by atoms with Crippen molar-refractivity contribution in [1.82, 2.24) is 4.90 Å². The van der Waals surface area contributed by atoms with E-state index in [1.807, 2.05) is 52.0 Å². The van der Waals surface area contributed by atoms with E-state index in [0.29, 0.717) is 43.7 Å². The minimum absolute atomic E-state index is 0.0640. The van der Waals surface area contributed by atoms with E-state index in [4.69, 9.17) is 40.5 Å². The van der Waals surface area contributed by atoms with Gasteiger partial charge in [-0.25, -0.2) is 4.79 Å². The second-order valence-electron chi connectivity index (χ2n) is 16.3. The third kappa shape index (κ3) is 9.92. The van der Waals surface area contributed by atoms with Gasteiger partial charge >= 0.3 is 6.09 Å². The summed E-state index contributed by atoms with van der Waals surface area (Å²) in [7, 11) is 0. The summed E-state index contributed by atoms with van der Waals surface area (Å²) in [5.41, 5.74) is 4.46. The number of nitrogens with zero attached hydrogens (tertiary/aromatic N) is 2. The van der Waals surface area contributed by atoms with Crippen LogP contribution in [0.1, 0.15) is 102 Å². The molecule has 2 aliphatic carbocycles. The highest BCUT2D eigenvalue weighted by atomic mass is 35.5. The van der Waals surface area contributed by atoms with Gasteiger partial charge in [-0.15, -0.1) is 18.2 Å². The number of benzene rings is 2. The van der Waals surface area contributed by atoms with Crippen molar-refractivity contribution in [2.24, 2.45) is 22.9 Å². The van der Waals surface area contributed by atoms with Crippen molar-refractivity contribution >= 4 is 23.4 Å². The van der Waals surface area contributed by atoms with Crippen LogP contribution in [-0.2, 0) is 14.3 Å². The van der Waals surface area contributed by atoms with Crippen LogP contribution < -0.4 is 9.47 Å². The molecule has 1 aliphatic heterocycles. The molecule has 6 atom stereocenters.